The number of hydrogen-bond acceptors (Lipinski definition) is 4. The molecule has 0 aromatic heterocycles. The lowest BCUT2D eigenvalue weighted by Crippen LogP contribution is -2.38. The van der Waals surface area contributed by atoms with Crippen molar-refractivity contribution in [2.24, 2.45) is 4.99 Å². The predicted molar refractivity (Wildman–Crippen MR) is 103 cm³/mol. The van der Waals surface area contributed by atoms with Gasteiger partial charge in [0.15, 0.2) is 17.5 Å². The molecule has 2 heterocycles. The van der Waals surface area contributed by atoms with Gasteiger partial charge in [0.1, 0.15) is 0 Å². The molecule has 0 saturated carbocycles. The molecule has 1 unspecified atom stereocenters. The number of nitrogens with zero attached hydrogens (tertiary/aromatic N) is 1. The van der Waals surface area contributed by atoms with Crippen molar-refractivity contribution >= 4 is 17.6 Å². The third-order valence-electron chi connectivity index (χ3n) is 4.76. The molecule has 0 fully saturated rings. The number of fused-ring (bicyclic) bond motifs is 2. The highest BCUT2D eigenvalue weighted by Crippen LogP contribution is 2.34. The van der Waals surface area contributed by atoms with Crippen LogP contribution in [0.5, 0.6) is 11.5 Å². The molecule has 0 aliphatic carbocycles. The zero-order chi connectivity index (χ0) is 18.6. The van der Waals surface area contributed by atoms with E-state index >= 15 is 0 Å². The van der Waals surface area contributed by atoms with Crippen LogP contribution in [-0.2, 0) is 11.3 Å². The molecule has 1 amide bonds. The molecule has 7 heteroatoms. The molecule has 2 aromatic carbocycles. The van der Waals surface area contributed by atoms with E-state index in [1.54, 1.807) is 7.05 Å². The van der Waals surface area contributed by atoms with Crippen molar-refractivity contribution < 1.29 is 14.3 Å². The Morgan fingerprint density at radius 2 is 2.04 bits per heavy atom. The number of para-hydroxylation sites is 1. The van der Waals surface area contributed by atoms with E-state index in [-0.39, 0.29) is 18.6 Å². The number of anilines is 1. The summed E-state index contributed by atoms with van der Waals surface area (Å²) in [7, 11) is 1.73. The lowest BCUT2D eigenvalue weighted by molar-refractivity contribution is -0.117. The predicted octanol–water partition coefficient (Wildman–Crippen LogP) is 2.21. The molecule has 0 radical (unpaired) electrons. The second kappa shape index (κ2) is 7.57. The van der Waals surface area contributed by atoms with Crippen LogP contribution in [0.15, 0.2) is 47.5 Å². The van der Waals surface area contributed by atoms with E-state index in [4.69, 9.17) is 9.47 Å². The second-order valence-electron chi connectivity index (χ2n) is 6.46. The molecular formula is C20H22N4O3. The number of rotatable bonds is 5. The van der Waals surface area contributed by atoms with E-state index in [1.807, 2.05) is 42.5 Å². The number of aliphatic imine (C=N–C) groups is 1. The van der Waals surface area contributed by atoms with Crippen LogP contribution in [0.1, 0.15) is 23.5 Å². The minimum Gasteiger partial charge on any atom is -0.454 e. The summed E-state index contributed by atoms with van der Waals surface area (Å²) >= 11 is 0. The average Bonchev–Trinajstić information content (AvgIpc) is 3.28. The first-order chi connectivity index (χ1) is 13.2. The zero-order valence-electron chi connectivity index (χ0n) is 15.1. The molecule has 0 bridgehead atoms. The summed E-state index contributed by atoms with van der Waals surface area (Å²) in [6.07, 6.45) is 0.702. The molecule has 27 heavy (non-hydrogen) atoms. The van der Waals surface area contributed by atoms with Gasteiger partial charge in [-0.15, -0.1) is 0 Å². The number of carbonyl (C=O) groups is 1. The Bertz CT molecular complexity index is 881. The molecule has 4 rings (SSSR count). The third kappa shape index (κ3) is 3.67. The van der Waals surface area contributed by atoms with Gasteiger partial charge in [0.2, 0.25) is 12.7 Å². The van der Waals surface area contributed by atoms with E-state index in [1.165, 1.54) is 0 Å². The van der Waals surface area contributed by atoms with Crippen LogP contribution in [0.2, 0.25) is 0 Å². The van der Waals surface area contributed by atoms with Crippen LogP contribution >= 0.6 is 0 Å². The molecule has 0 saturated heterocycles. The Morgan fingerprint density at radius 1 is 1.19 bits per heavy atom. The summed E-state index contributed by atoms with van der Waals surface area (Å²) in [4.78, 5) is 16.4. The number of nitrogens with one attached hydrogen (secondary N) is 3. The average molecular weight is 366 g/mol. The largest absolute Gasteiger partial charge is 0.454 e. The van der Waals surface area contributed by atoms with Crippen LogP contribution in [-0.4, -0.2) is 32.3 Å². The van der Waals surface area contributed by atoms with Crippen molar-refractivity contribution in [1.29, 1.82) is 0 Å². The summed E-state index contributed by atoms with van der Waals surface area (Å²) in [5.41, 5.74) is 3.05. The van der Waals surface area contributed by atoms with Crippen molar-refractivity contribution in [3.8, 4) is 11.5 Å². The molecule has 3 N–H and O–H groups in total. The van der Waals surface area contributed by atoms with E-state index in [0.29, 0.717) is 25.5 Å². The Hall–Kier alpha value is -3.22. The normalized spacial score (nSPS) is 17.4. The first-order valence-electron chi connectivity index (χ1n) is 8.97. The van der Waals surface area contributed by atoms with Crippen LogP contribution in [0, 0.1) is 0 Å². The van der Waals surface area contributed by atoms with Crippen molar-refractivity contribution in [2.75, 3.05) is 25.7 Å². The summed E-state index contributed by atoms with van der Waals surface area (Å²) in [6.45, 7) is 1.53. The summed E-state index contributed by atoms with van der Waals surface area (Å²) < 4.78 is 10.7. The fraction of sp³-hybridized carbons (Fsp3) is 0.300. The Balaban J connectivity index is 1.28. The van der Waals surface area contributed by atoms with Crippen LogP contribution in [0.4, 0.5) is 5.69 Å². The van der Waals surface area contributed by atoms with Gasteiger partial charge in [-0.25, -0.2) is 0 Å². The first-order valence-corrected chi connectivity index (χ1v) is 8.97. The van der Waals surface area contributed by atoms with E-state index in [0.717, 1.165) is 28.3 Å². The second-order valence-corrected chi connectivity index (χ2v) is 6.46. The fourth-order valence-corrected chi connectivity index (χ4v) is 3.35. The van der Waals surface area contributed by atoms with Gasteiger partial charge in [0.05, 0.1) is 5.92 Å². The summed E-state index contributed by atoms with van der Waals surface area (Å²) in [5, 5.41) is 9.48. The van der Waals surface area contributed by atoms with Crippen molar-refractivity contribution in [3.05, 3.63) is 53.6 Å². The van der Waals surface area contributed by atoms with Gasteiger partial charge < -0.3 is 25.4 Å². The van der Waals surface area contributed by atoms with Crippen LogP contribution in [0.25, 0.3) is 0 Å². The smallest absolute Gasteiger partial charge is 0.232 e. The van der Waals surface area contributed by atoms with Crippen molar-refractivity contribution in [3.63, 3.8) is 0 Å². The highest BCUT2D eigenvalue weighted by molar-refractivity contribution is 6.02. The maximum Gasteiger partial charge on any atom is 0.232 e. The summed E-state index contributed by atoms with van der Waals surface area (Å²) in [6, 6.07) is 13.7. The van der Waals surface area contributed by atoms with Crippen LogP contribution in [0.3, 0.4) is 0 Å². The van der Waals surface area contributed by atoms with E-state index < -0.39 is 0 Å². The highest BCUT2D eigenvalue weighted by Gasteiger charge is 2.29. The Morgan fingerprint density at radius 3 is 2.93 bits per heavy atom. The Labute approximate surface area is 157 Å². The van der Waals surface area contributed by atoms with Crippen molar-refractivity contribution in [1.82, 2.24) is 10.6 Å². The molecule has 2 aliphatic heterocycles. The molecule has 2 aromatic rings. The standard InChI is InChI=1S/C20H22N4O3/c1-21-20(23-11-13-6-7-17-18(10-13)27-12-26-17)22-9-8-15-14-4-2-3-5-16(14)24-19(15)25/h2-7,10,15H,8-9,11-12H2,1H3,(H,24,25)(H2,21,22,23). The first kappa shape index (κ1) is 17.2. The number of amides is 1. The fourth-order valence-electron chi connectivity index (χ4n) is 3.35. The Kier molecular flexibility index (Phi) is 4.82. The van der Waals surface area contributed by atoms with Gasteiger partial charge in [0.25, 0.3) is 0 Å². The topological polar surface area (TPSA) is 84.0 Å². The molecular weight excluding hydrogens is 344 g/mol. The van der Waals surface area contributed by atoms with E-state index in [2.05, 4.69) is 20.9 Å². The van der Waals surface area contributed by atoms with Crippen LogP contribution < -0.4 is 25.4 Å². The third-order valence-corrected chi connectivity index (χ3v) is 4.76. The number of carbonyl (C=O) groups excluding carboxylic acids is 1. The molecule has 0 spiro atoms. The monoisotopic (exact) mass is 366 g/mol. The highest BCUT2D eigenvalue weighted by atomic mass is 16.7. The maximum atomic E-state index is 12.2. The van der Waals surface area contributed by atoms with Gasteiger partial charge in [0, 0.05) is 25.8 Å². The number of guanidine groups is 1. The SMILES string of the molecule is CN=C(NCCC1C(=O)Nc2ccccc21)NCc1ccc2c(c1)OCO2. The molecule has 1 atom stereocenters. The van der Waals surface area contributed by atoms with Gasteiger partial charge in [-0.05, 0) is 35.7 Å². The molecule has 2 aliphatic rings. The van der Waals surface area contributed by atoms with Gasteiger partial charge in [-0.2, -0.15) is 0 Å². The number of ether oxygens (including phenoxy) is 2. The zero-order valence-corrected chi connectivity index (χ0v) is 15.1. The lowest BCUT2D eigenvalue weighted by Gasteiger charge is -2.14. The number of benzene rings is 2. The minimum atomic E-state index is -0.124. The van der Waals surface area contributed by atoms with Gasteiger partial charge in [-0.3, -0.25) is 9.79 Å². The van der Waals surface area contributed by atoms with Crippen molar-refractivity contribution in [2.45, 2.75) is 18.9 Å². The van der Waals surface area contributed by atoms with Gasteiger partial charge >= 0.3 is 0 Å². The lowest BCUT2D eigenvalue weighted by atomic mass is 9.97. The quantitative estimate of drug-likeness (QED) is 0.558. The summed E-state index contributed by atoms with van der Waals surface area (Å²) in [5.74, 6) is 2.17. The minimum absolute atomic E-state index is 0.0568. The van der Waals surface area contributed by atoms with Gasteiger partial charge in [-0.1, -0.05) is 24.3 Å². The number of hydrogen-bond donors (Lipinski definition) is 3. The van der Waals surface area contributed by atoms with E-state index in [9.17, 15) is 4.79 Å². The molecule has 7 nitrogen and oxygen atoms in total. The molecule has 140 valence electrons. The maximum absolute atomic E-state index is 12.2.